The van der Waals surface area contributed by atoms with E-state index in [1.54, 1.807) is 65.6 Å². The van der Waals surface area contributed by atoms with Crippen molar-refractivity contribution in [1.29, 1.82) is 0 Å². The lowest BCUT2D eigenvalue weighted by atomic mass is 9.89. The number of methoxy groups -OCH3 is 2. The number of benzene rings is 2. The molecule has 0 aromatic heterocycles. The predicted molar refractivity (Wildman–Crippen MR) is 310 cm³/mol. The number of aliphatic carboxylic acids is 1. The third-order valence-electron chi connectivity index (χ3n) is 15.6. The lowest BCUT2D eigenvalue weighted by Crippen LogP contribution is -2.61. The van der Waals surface area contributed by atoms with Gasteiger partial charge in [0, 0.05) is 47.8 Å². The number of anilines is 1. The maximum atomic E-state index is 14.8. The van der Waals surface area contributed by atoms with Gasteiger partial charge in [0.25, 0.3) is 0 Å². The van der Waals surface area contributed by atoms with E-state index in [1.807, 2.05) is 32.0 Å². The molecule has 2 heterocycles. The Bertz CT molecular complexity index is 2530. The molecule has 2 fully saturated rings. The zero-order valence-electron chi connectivity index (χ0n) is 50.1. The third kappa shape index (κ3) is 18.5. The fraction of sp³-hybridized carbons (Fsp3) is 0.655. The first kappa shape index (κ1) is 70.5. The Kier molecular flexibility index (Phi) is 27.7. The molecule has 2 saturated heterocycles. The van der Waals surface area contributed by atoms with Gasteiger partial charge >= 0.3 is 12.1 Å². The number of aliphatic hydroxyl groups is 4. The van der Waals surface area contributed by atoms with Crippen LogP contribution in [0.4, 0.5) is 10.5 Å². The highest BCUT2D eigenvalue weighted by Gasteiger charge is 2.49. The number of hydrogen-bond donors (Lipinski definition) is 9. The van der Waals surface area contributed by atoms with Crippen molar-refractivity contribution in [3.05, 3.63) is 59.7 Å². The van der Waals surface area contributed by atoms with Gasteiger partial charge in [0.1, 0.15) is 42.8 Å². The molecule has 2 aromatic carbocycles. The van der Waals surface area contributed by atoms with Gasteiger partial charge in [-0.25, -0.2) is 9.59 Å². The average molecular weight is 1250 g/mol. The first-order valence-electron chi connectivity index (χ1n) is 28.3. The number of hydrogen-bond acceptors (Lipinski definition) is 17. The summed E-state index contributed by atoms with van der Waals surface area (Å²) in [4.78, 5) is 112. The normalized spacial score (nSPS) is 22.0. The number of likely N-dealkylation sites (tertiary alicyclic amines) is 1. The summed E-state index contributed by atoms with van der Waals surface area (Å²) in [7, 11) is 5.95. The van der Waals surface area contributed by atoms with Crippen LogP contribution in [0.15, 0.2) is 48.5 Å². The van der Waals surface area contributed by atoms with Crippen molar-refractivity contribution < 1.29 is 87.6 Å². The number of alkyl halides is 1. The molecule has 0 aliphatic carbocycles. The first-order chi connectivity index (χ1) is 39.6. The monoisotopic (exact) mass is 1250 g/mol. The fourth-order valence-corrected chi connectivity index (χ4v) is 10.9. The van der Waals surface area contributed by atoms with E-state index in [1.165, 1.54) is 44.4 Å². The van der Waals surface area contributed by atoms with E-state index in [0.29, 0.717) is 31.4 Å². The summed E-state index contributed by atoms with van der Waals surface area (Å²) in [6.45, 7) is 14.2. The number of carboxylic acid groups (broad SMARTS) is 1. The van der Waals surface area contributed by atoms with Gasteiger partial charge in [-0.1, -0.05) is 107 Å². The van der Waals surface area contributed by atoms with Crippen LogP contribution >= 0.6 is 15.9 Å². The van der Waals surface area contributed by atoms with Gasteiger partial charge in [0.05, 0.1) is 59.8 Å². The number of ether oxygens (including phenoxy) is 5. The van der Waals surface area contributed by atoms with E-state index in [9.17, 15) is 63.9 Å². The number of aliphatic hydroxyl groups excluding tert-OH is 4. The van der Waals surface area contributed by atoms with Crippen LogP contribution in [0.1, 0.15) is 105 Å². The first-order valence-corrected chi connectivity index (χ1v) is 29.5. The third-order valence-corrected chi connectivity index (χ3v) is 16.1. The molecule has 0 unspecified atom stereocenters. The minimum Gasteiger partial charge on any atom is -0.479 e. The van der Waals surface area contributed by atoms with Crippen LogP contribution in [0.2, 0.25) is 0 Å². The molecule has 26 heteroatoms. The van der Waals surface area contributed by atoms with E-state index >= 15 is 0 Å². The number of amides is 7. The highest BCUT2D eigenvalue weighted by atomic mass is 79.9. The fourth-order valence-electron chi connectivity index (χ4n) is 10.7. The van der Waals surface area contributed by atoms with Crippen LogP contribution in [-0.4, -0.2) is 208 Å². The summed E-state index contributed by atoms with van der Waals surface area (Å²) in [5.74, 6) is -6.44. The molecule has 0 bridgehead atoms. The number of halogens is 1. The van der Waals surface area contributed by atoms with Crippen LogP contribution in [-0.2, 0) is 59.1 Å². The SMILES string of the molecule is CC[C@H](C)[C@@H]([C@@H](CC(=O)N1CCC[C@H]1[C@H](OC)[C@@H](C)C(=O)N[C@H](C)[C@@H](O)c1ccccc1)OC)N(C)C(=O)[C@@H](NC(=O)[C@H](C(C)C)N(C)C(=O)OCc1ccc(O[C@@H]2O[C@H](C(=O)O)[C@@H](O)[C@H](O)[C@H]2O)c(NC(=O)CCNC(=O)CBr)c1)C(C)C. The molecule has 0 saturated carbocycles. The summed E-state index contributed by atoms with van der Waals surface area (Å²) >= 11 is 3.02. The molecule has 2 aromatic rings. The molecule has 0 radical (unpaired) electrons. The summed E-state index contributed by atoms with van der Waals surface area (Å²) < 4.78 is 28.7. The number of likely N-dealkylation sites (N-methyl/N-ethyl adjacent to an activating group) is 2. The Morgan fingerprint density at radius 1 is 0.833 bits per heavy atom. The molecule has 2 aliphatic rings. The minimum atomic E-state index is -2.00. The highest BCUT2D eigenvalue weighted by Crippen LogP contribution is 2.33. The number of nitrogens with zero attached hydrogens (tertiary/aromatic N) is 3. The van der Waals surface area contributed by atoms with E-state index in [0.717, 1.165) is 4.90 Å². The van der Waals surface area contributed by atoms with Gasteiger partial charge in [-0.15, -0.1) is 0 Å². The number of rotatable bonds is 30. The topological polar surface area (TPSA) is 342 Å². The second kappa shape index (κ2) is 33.1. The molecule has 25 nitrogen and oxygen atoms in total. The molecule has 0 spiro atoms. The zero-order valence-corrected chi connectivity index (χ0v) is 51.6. The molecular weight excluding hydrogens is 1160 g/mol. The van der Waals surface area contributed by atoms with Crippen LogP contribution < -0.4 is 26.0 Å². The largest absolute Gasteiger partial charge is 0.479 e. The van der Waals surface area contributed by atoms with E-state index in [-0.39, 0.29) is 65.4 Å². The molecular formula is C58H88BrN7O18. The molecule has 470 valence electrons. The van der Waals surface area contributed by atoms with Gasteiger partial charge in [-0.05, 0) is 60.8 Å². The van der Waals surface area contributed by atoms with Gasteiger partial charge in [-0.2, -0.15) is 0 Å². The molecule has 15 atom stereocenters. The van der Waals surface area contributed by atoms with Gasteiger partial charge in [-0.3, -0.25) is 33.7 Å². The van der Waals surface area contributed by atoms with Gasteiger partial charge in [0.2, 0.25) is 41.7 Å². The van der Waals surface area contributed by atoms with Crippen molar-refractivity contribution >= 4 is 69.1 Å². The molecule has 2 aliphatic heterocycles. The maximum Gasteiger partial charge on any atom is 0.410 e. The smallest absolute Gasteiger partial charge is 0.410 e. The van der Waals surface area contributed by atoms with Crippen molar-refractivity contribution in [2.45, 2.75) is 173 Å². The number of carbonyl (C=O) groups excluding carboxylic acids is 7. The number of carboxylic acids is 1. The lowest BCUT2D eigenvalue weighted by molar-refractivity contribution is -0.271. The lowest BCUT2D eigenvalue weighted by Gasteiger charge is -2.41. The van der Waals surface area contributed by atoms with Crippen LogP contribution in [0.5, 0.6) is 5.75 Å². The standard InChI is InChI=1S/C58H88BrN7O18/c1-13-32(6)46(40(80-11)27-43(69)66-25-17-20-38(66)51(81-12)33(7)53(74)61-34(8)47(70)36-18-15-14-16-19-36)64(9)55(76)44(30(2)3)63-54(75)45(31(4)5)65(10)58(79)82-29-35-21-22-39(37(26-35)62-41(67)23-24-60-42(68)28-59)83-57-50(73)48(71)49(72)52(84-57)56(77)78/h14-16,18-19,21-22,26,30-34,38,40,44-52,57,70-73H,13,17,20,23-25,27-29H2,1-12H3,(H,60,68)(H,61,74)(H,62,67)(H,63,75)(H,77,78)/t32-,33+,34+,38-,40+,44-,45-,46-,47+,48-,49-,50+,51+,52-,57+/m0/s1. The Balaban J connectivity index is 1.48. The van der Waals surface area contributed by atoms with Crippen molar-refractivity contribution in [3.63, 3.8) is 0 Å². The summed E-state index contributed by atoms with van der Waals surface area (Å²) in [5, 5.41) is 62.6. The van der Waals surface area contributed by atoms with E-state index < -0.39 is 133 Å². The Hall–Kier alpha value is -6.00. The molecule has 84 heavy (non-hydrogen) atoms. The van der Waals surface area contributed by atoms with Crippen molar-refractivity contribution in [2.75, 3.05) is 52.1 Å². The Morgan fingerprint density at radius 3 is 2.08 bits per heavy atom. The zero-order chi connectivity index (χ0) is 62.9. The maximum absolute atomic E-state index is 14.8. The average Bonchev–Trinajstić information content (AvgIpc) is 2.90. The quantitative estimate of drug-likeness (QED) is 0.0508. The summed E-state index contributed by atoms with van der Waals surface area (Å²) in [6, 6.07) is 9.05. The number of nitrogens with one attached hydrogen (secondary N) is 4. The van der Waals surface area contributed by atoms with Crippen molar-refractivity contribution in [1.82, 2.24) is 30.7 Å². The Labute approximate surface area is 499 Å². The molecule has 7 amide bonds. The van der Waals surface area contributed by atoms with E-state index in [2.05, 4.69) is 37.2 Å². The van der Waals surface area contributed by atoms with Gasteiger partial charge in [0.15, 0.2) is 6.10 Å². The van der Waals surface area contributed by atoms with Gasteiger partial charge < -0.3 is 80.3 Å². The highest BCUT2D eigenvalue weighted by molar-refractivity contribution is 9.09. The van der Waals surface area contributed by atoms with Crippen molar-refractivity contribution in [2.24, 2.45) is 23.7 Å². The molecule has 4 rings (SSSR count). The van der Waals surface area contributed by atoms with Crippen molar-refractivity contribution in [3.8, 4) is 5.75 Å². The summed E-state index contributed by atoms with van der Waals surface area (Å²) in [6.07, 6.45) is -11.6. The Morgan fingerprint density at radius 2 is 1.50 bits per heavy atom. The van der Waals surface area contributed by atoms with E-state index in [4.69, 9.17) is 23.7 Å². The second-order valence-electron chi connectivity index (χ2n) is 22.3. The number of carbonyl (C=O) groups is 8. The second-order valence-corrected chi connectivity index (χ2v) is 22.9. The van der Waals surface area contributed by atoms with Crippen LogP contribution in [0.3, 0.4) is 0 Å². The minimum absolute atomic E-state index is 0.00202. The van der Waals surface area contributed by atoms with Crippen LogP contribution in [0.25, 0.3) is 0 Å². The predicted octanol–water partition coefficient (Wildman–Crippen LogP) is 2.69. The molecule has 9 N–H and O–H groups in total. The van der Waals surface area contributed by atoms with Crippen LogP contribution in [0, 0.1) is 23.7 Å². The summed E-state index contributed by atoms with van der Waals surface area (Å²) in [5.41, 5.74) is 0.842.